The molecule has 0 saturated carbocycles. The number of methoxy groups -OCH3 is 1. The quantitative estimate of drug-likeness (QED) is 0.648. The lowest BCUT2D eigenvalue weighted by Crippen LogP contribution is -2.44. The average molecular weight is 260 g/mol. The van der Waals surface area contributed by atoms with E-state index in [4.69, 9.17) is 5.11 Å². The van der Waals surface area contributed by atoms with Gasteiger partial charge in [-0.1, -0.05) is 6.92 Å². The maximum absolute atomic E-state index is 11.7. The van der Waals surface area contributed by atoms with Gasteiger partial charge in [-0.3, -0.25) is 9.59 Å². The first-order valence-corrected chi connectivity index (χ1v) is 5.70. The number of hydrogen-bond acceptors (Lipinski definition) is 4. The summed E-state index contributed by atoms with van der Waals surface area (Å²) in [7, 11) is 2.81. The number of amides is 2. The zero-order valence-corrected chi connectivity index (χ0v) is 10.9. The van der Waals surface area contributed by atoms with Crippen molar-refractivity contribution in [2.75, 3.05) is 20.7 Å². The van der Waals surface area contributed by atoms with Crippen LogP contribution in [0, 0.1) is 0 Å². The molecule has 0 saturated heterocycles. The van der Waals surface area contributed by atoms with Gasteiger partial charge in [0.25, 0.3) is 0 Å². The topological polar surface area (TPSA) is 95.9 Å². The molecule has 0 bridgehead atoms. The van der Waals surface area contributed by atoms with Gasteiger partial charge in [0.1, 0.15) is 0 Å². The molecule has 0 spiro atoms. The first-order chi connectivity index (χ1) is 8.40. The summed E-state index contributed by atoms with van der Waals surface area (Å²) in [4.78, 5) is 34.4. The Morgan fingerprint density at radius 3 is 2.44 bits per heavy atom. The minimum atomic E-state index is -0.959. The van der Waals surface area contributed by atoms with E-state index in [1.807, 2.05) is 0 Å². The molecule has 0 aliphatic rings. The summed E-state index contributed by atoms with van der Waals surface area (Å²) >= 11 is 0. The minimum Gasteiger partial charge on any atom is -0.481 e. The van der Waals surface area contributed by atoms with E-state index in [1.165, 1.54) is 19.1 Å². The average Bonchev–Trinajstić information content (AvgIpc) is 2.33. The van der Waals surface area contributed by atoms with Gasteiger partial charge in [0.05, 0.1) is 20.0 Å². The molecule has 18 heavy (non-hydrogen) atoms. The summed E-state index contributed by atoms with van der Waals surface area (Å²) in [5.74, 6) is -1.36. The second-order valence-electron chi connectivity index (χ2n) is 3.90. The van der Waals surface area contributed by atoms with Gasteiger partial charge in [-0.2, -0.15) is 0 Å². The monoisotopic (exact) mass is 260 g/mol. The molecule has 104 valence electrons. The highest BCUT2D eigenvalue weighted by Gasteiger charge is 2.17. The van der Waals surface area contributed by atoms with E-state index in [9.17, 15) is 14.4 Å². The predicted molar refractivity (Wildman–Crippen MR) is 64.1 cm³/mol. The van der Waals surface area contributed by atoms with Crippen molar-refractivity contribution >= 4 is 18.0 Å². The van der Waals surface area contributed by atoms with E-state index < -0.39 is 24.0 Å². The van der Waals surface area contributed by atoms with Crippen molar-refractivity contribution in [3.8, 4) is 0 Å². The maximum atomic E-state index is 11.7. The molecule has 0 aliphatic heterocycles. The molecule has 1 unspecified atom stereocenters. The van der Waals surface area contributed by atoms with Crippen LogP contribution in [0.4, 0.5) is 4.79 Å². The van der Waals surface area contributed by atoms with Crippen LogP contribution in [0.1, 0.15) is 26.2 Å². The molecule has 0 heterocycles. The lowest BCUT2D eigenvalue weighted by Gasteiger charge is -2.21. The second-order valence-corrected chi connectivity index (χ2v) is 3.90. The molecule has 0 aromatic carbocycles. The SMILES string of the molecule is CCC(CC(=O)O)NC(=O)N(C)CCC(=O)OC. The molecular weight excluding hydrogens is 240 g/mol. The number of ether oxygens (including phenoxy) is 1. The zero-order valence-electron chi connectivity index (χ0n) is 10.9. The lowest BCUT2D eigenvalue weighted by molar-refractivity contribution is -0.140. The van der Waals surface area contributed by atoms with Gasteiger partial charge in [0.2, 0.25) is 0 Å². The number of nitrogens with one attached hydrogen (secondary N) is 1. The highest BCUT2D eigenvalue weighted by atomic mass is 16.5. The number of esters is 1. The van der Waals surface area contributed by atoms with Gasteiger partial charge >= 0.3 is 18.0 Å². The van der Waals surface area contributed by atoms with Gasteiger partial charge in [0.15, 0.2) is 0 Å². The minimum absolute atomic E-state index is 0.107. The van der Waals surface area contributed by atoms with Crippen LogP contribution in [-0.4, -0.2) is 54.7 Å². The van der Waals surface area contributed by atoms with Crippen LogP contribution in [0.2, 0.25) is 0 Å². The molecule has 0 radical (unpaired) electrons. The summed E-state index contributed by atoms with van der Waals surface area (Å²) in [6.45, 7) is 2.02. The molecule has 0 rings (SSSR count). The summed E-state index contributed by atoms with van der Waals surface area (Å²) in [5.41, 5.74) is 0. The maximum Gasteiger partial charge on any atom is 0.317 e. The normalized spacial score (nSPS) is 11.5. The first-order valence-electron chi connectivity index (χ1n) is 5.70. The van der Waals surface area contributed by atoms with Crippen molar-refractivity contribution in [1.82, 2.24) is 10.2 Å². The summed E-state index contributed by atoms with van der Waals surface area (Å²) < 4.78 is 4.46. The number of rotatable bonds is 7. The molecule has 0 aromatic rings. The first kappa shape index (κ1) is 16.2. The fourth-order valence-corrected chi connectivity index (χ4v) is 1.26. The van der Waals surface area contributed by atoms with Crippen LogP contribution in [0.15, 0.2) is 0 Å². The largest absolute Gasteiger partial charge is 0.481 e. The van der Waals surface area contributed by atoms with E-state index in [0.29, 0.717) is 6.42 Å². The Morgan fingerprint density at radius 1 is 1.39 bits per heavy atom. The molecule has 7 heteroatoms. The van der Waals surface area contributed by atoms with Crippen molar-refractivity contribution in [3.05, 3.63) is 0 Å². The Morgan fingerprint density at radius 2 is 2.00 bits per heavy atom. The third-order valence-corrected chi connectivity index (χ3v) is 2.47. The molecule has 2 N–H and O–H groups in total. The van der Waals surface area contributed by atoms with E-state index in [-0.39, 0.29) is 19.4 Å². The molecule has 0 fully saturated rings. The molecule has 0 aliphatic carbocycles. The van der Waals surface area contributed by atoms with Gasteiger partial charge in [-0.15, -0.1) is 0 Å². The lowest BCUT2D eigenvalue weighted by atomic mass is 10.1. The van der Waals surface area contributed by atoms with Crippen molar-refractivity contribution in [1.29, 1.82) is 0 Å². The molecule has 7 nitrogen and oxygen atoms in total. The Bertz CT molecular complexity index is 306. The van der Waals surface area contributed by atoms with E-state index in [1.54, 1.807) is 6.92 Å². The summed E-state index contributed by atoms with van der Waals surface area (Å²) in [6, 6.07) is -0.803. The number of carbonyl (C=O) groups is 3. The van der Waals surface area contributed by atoms with Crippen molar-refractivity contribution < 1.29 is 24.2 Å². The van der Waals surface area contributed by atoms with Gasteiger partial charge in [0, 0.05) is 19.6 Å². The smallest absolute Gasteiger partial charge is 0.317 e. The van der Waals surface area contributed by atoms with E-state index >= 15 is 0 Å². The third kappa shape index (κ3) is 6.72. The Labute approximate surface area is 106 Å². The van der Waals surface area contributed by atoms with Crippen molar-refractivity contribution in [2.24, 2.45) is 0 Å². The van der Waals surface area contributed by atoms with E-state index in [0.717, 1.165) is 0 Å². The standard InChI is InChI=1S/C11H20N2O5/c1-4-8(7-9(14)15)12-11(17)13(2)6-5-10(16)18-3/h8H,4-7H2,1-3H3,(H,12,17)(H,14,15). The van der Waals surface area contributed by atoms with Crippen LogP contribution in [0.25, 0.3) is 0 Å². The van der Waals surface area contributed by atoms with Crippen LogP contribution in [0.3, 0.4) is 0 Å². The van der Waals surface area contributed by atoms with Crippen LogP contribution in [0.5, 0.6) is 0 Å². The van der Waals surface area contributed by atoms with Crippen molar-refractivity contribution in [2.45, 2.75) is 32.2 Å². The fourth-order valence-electron chi connectivity index (χ4n) is 1.26. The fraction of sp³-hybridized carbons (Fsp3) is 0.727. The van der Waals surface area contributed by atoms with E-state index in [2.05, 4.69) is 10.1 Å². The summed E-state index contributed by atoms with van der Waals surface area (Å²) in [5, 5.41) is 11.2. The van der Waals surface area contributed by atoms with Crippen LogP contribution < -0.4 is 5.32 Å². The van der Waals surface area contributed by atoms with Gasteiger partial charge in [-0.25, -0.2) is 4.79 Å². The third-order valence-electron chi connectivity index (χ3n) is 2.47. The Hall–Kier alpha value is -1.79. The predicted octanol–water partition coefficient (Wildman–Crippen LogP) is 0.444. The molecule has 0 aromatic heterocycles. The highest BCUT2D eigenvalue weighted by Crippen LogP contribution is 1.99. The molecule has 2 amide bonds. The second kappa shape index (κ2) is 8.32. The van der Waals surface area contributed by atoms with Crippen LogP contribution in [-0.2, 0) is 14.3 Å². The Balaban J connectivity index is 4.12. The molecular formula is C11H20N2O5. The zero-order chi connectivity index (χ0) is 14.1. The number of carboxylic acids is 1. The number of carboxylic acid groups (broad SMARTS) is 1. The van der Waals surface area contributed by atoms with Crippen LogP contribution >= 0.6 is 0 Å². The van der Waals surface area contributed by atoms with Gasteiger partial charge in [-0.05, 0) is 6.42 Å². The molecule has 1 atom stereocenters. The number of carbonyl (C=O) groups excluding carboxylic acids is 2. The van der Waals surface area contributed by atoms with Gasteiger partial charge < -0.3 is 20.1 Å². The highest BCUT2D eigenvalue weighted by molar-refractivity contribution is 5.76. The van der Waals surface area contributed by atoms with Crippen molar-refractivity contribution in [3.63, 3.8) is 0 Å². The number of urea groups is 1. The summed E-state index contributed by atoms with van der Waals surface area (Å²) in [6.07, 6.45) is 0.520. The Kier molecular flexibility index (Phi) is 7.50. The number of nitrogens with zero attached hydrogens (tertiary/aromatic N) is 1. The number of aliphatic carboxylic acids is 1. The number of hydrogen-bond donors (Lipinski definition) is 2.